The van der Waals surface area contributed by atoms with Crippen LogP contribution in [0.15, 0.2) is 47.8 Å². The van der Waals surface area contributed by atoms with Crippen LogP contribution in [0.4, 0.5) is 11.4 Å². The van der Waals surface area contributed by atoms with Crippen molar-refractivity contribution >= 4 is 34.5 Å². The molecule has 4 rings (SSSR count). The zero-order chi connectivity index (χ0) is 19.7. The fraction of sp³-hybridized carbons (Fsp3) is 0.227. The first kappa shape index (κ1) is 18.4. The van der Waals surface area contributed by atoms with Crippen LogP contribution in [0.25, 0.3) is 10.6 Å². The van der Waals surface area contributed by atoms with Crippen LogP contribution in [0.3, 0.4) is 0 Å². The summed E-state index contributed by atoms with van der Waals surface area (Å²) in [6.07, 6.45) is 1.94. The Morgan fingerprint density at radius 2 is 1.68 bits per heavy atom. The van der Waals surface area contributed by atoms with E-state index in [4.69, 9.17) is 0 Å². The number of carbonyl (C=O) groups is 2. The van der Waals surface area contributed by atoms with Crippen molar-refractivity contribution in [1.82, 2.24) is 4.98 Å². The third kappa shape index (κ3) is 4.12. The Labute approximate surface area is 167 Å². The number of thiazole rings is 1. The Balaban J connectivity index is 1.42. The van der Waals surface area contributed by atoms with Crippen molar-refractivity contribution in [2.45, 2.75) is 26.7 Å². The lowest BCUT2D eigenvalue weighted by molar-refractivity contribution is -0.117. The molecule has 0 aliphatic heterocycles. The normalized spacial score (nSPS) is 13.2. The van der Waals surface area contributed by atoms with Gasteiger partial charge in [-0.2, -0.15) is 0 Å². The summed E-state index contributed by atoms with van der Waals surface area (Å²) in [5.41, 5.74) is 5.19. The number of benzene rings is 2. The number of hydrogen-bond acceptors (Lipinski definition) is 4. The first-order valence-electron chi connectivity index (χ1n) is 9.25. The molecular formula is C22H21N3O2S. The van der Waals surface area contributed by atoms with Gasteiger partial charge < -0.3 is 10.6 Å². The highest BCUT2D eigenvalue weighted by Crippen LogP contribution is 2.30. The van der Waals surface area contributed by atoms with Gasteiger partial charge in [0.1, 0.15) is 10.7 Å². The predicted octanol–water partition coefficient (Wildman–Crippen LogP) is 5.03. The van der Waals surface area contributed by atoms with E-state index in [1.165, 1.54) is 16.9 Å². The molecule has 0 radical (unpaired) electrons. The van der Waals surface area contributed by atoms with E-state index >= 15 is 0 Å². The fourth-order valence-electron chi connectivity index (χ4n) is 2.98. The molecule has 1 aliphatic carbocycles. The molecule has 6 heteroatoms. The van der Waals surface area contributed by atoms with E-state index in [1.54, 1.807) is 29.6 Å². The van der Waals surface area contributed by atoms with Crippen molar-refractivity contribution in [2.24, 2.45) is 5.92 Å². The van der Waals surface area contributed by atoms with E-state index in [9.17, 15) is 9.59 Å². The van der Waals surface area contributed by atoms with Gasteiger partial charge in [-0.1, -0.05) is 23.8 Å². The van der Waals surface area contributed by atoms with Crippen LogP contribution in [0.2, 0.25) is 0 Å². The molecular weight excluding hydrogens is 370 g/mol. The minimum absolute atomic E-state index is 0.0678. The van der Waals surface area contributed by atoms with Gasteiger partial charge in [0.25, 0.3) is 5.91 Å². The zero-order valence-corrected chi connectivity index (χ0v) is 16.6. The van der Waals surface area contributed by atoms with Crippen molar-refractivity contribution in [3.63, 3.8) is 0 Å². The van der Waals surface area contributed by atoms with Gasteiger partial charge in [0.15, 0.2) is 0 Å². The lowest BCUT2D eigenvalue weighted by Gasteiger charge is -2.07. The van der Waals surface area contributed by atoms with E-state index in [1.807, 2.05) is 19.1 Å². The van der Waals surface area contributed by atoms with Gasteiger partial charge in [0, 0.05) is 28.2 Å². The molecule has 1 heterocycles. The van der Waals surface area contributed by atoms with Crippen LogP contribution in [-0.4, -0.2) is 16.8 Å². The Morgan fingerprint density at radius 1 is 1.00 bits per heavy atom. The Morgan fingerprint density at radius 3 is 2.32 bits per heavy atom. The summed E-state index contributed by atoms with van der Waals surface area (Å²) in [6.45, 7) is 4.10. The number of hydrogen-bond donors (Lipinski definition) is 2. The van der Waals surface area contributed by atoms with Crippen molar-refractivity contribution in [3.8, 4) is 10.6 Å². The van der Waals surface area contributed by atoms with Gasteiger partial charge >= 0.3 is 0 Å². The molecule has 0 atom stereocenters. The monoisotopic (exact) mass is 391 g/mol. The number of anilines is 2. The first-order chi connectivity index (χ1) is 13.5. The number of carbonyl (C=O) groups excluding carboxylic acids is 2. The van der Waals surface area contributed by atoms with Crippen molar-refractivity contribution in [1.29, 1.82) is 0 Å². The maximum absolute atomic E-state index is 12.5. The van der Waals surface area contributed by atoms with Crippen molar-refractivity contribution in [2.75, 3.05) is 10.6 Å². The summed E-state index contributed by atoms with van der Waals surface area (Å²) in [6, 6.07) is 13.3. The van der Waals surface area contributed by atoms with Gasteiger partial charge in [-0.3, -0.25) is 9.59 Å². The van der Waals surface area contributed by atoms with Crippen LogP contribution >= 0.6 is 11.3 Å². The highest BCUT2D eigenvalue weighted by atomic mass is 32.1. The molecule has 0 spiro atoms. The molecule has 2 amide bonds. The molecule has 3 aromatic rings. The zero-order valence-electron chi connectivity index (χ0n) is 15.8. The Kier molecular flexibility index (Phi) is 4.96. The van der Waals surface area contributed by atoms with E-state index in [2.05, 4.69) is 28.6 Å². The number of aryl methyl sites for hydroxylation is 2. The standard InChI is InChI=1S/C22H21N3O2S/c1-13-3-10-18(14(2)11-13)22-25-19(12-28-22)21(27)24-17-8-6-16(7-9-17)23-20(26)15-4-5-15/h3,6-12,15H,4-5H2,1-2H3,(H,23,26)(H,24,27). The number of amides is 2. The fourth-order valence-corrected chi connectivity index (χ4v) is 3.87. The van der Waals surface area contributed by atoms with Crippen LogP contribution in [-0.2, 0) is 4.79 Å². The van der Waals surface area contributed by atoms with Crippen LogP contribution in [0, 0.1) is 19.8 Å². The Hall–Kier alpha value is -2.99. The first-order valence-corrected chi connectivity index (χ1v) is 10.1. The van der Waals surface area contributed by atoms with Crippen molar-refractivity contribution < 1.29 is 9.59 Å². The summed E-state index contributed by atoms with van der Waals surface area (Å²) in [7, 11) is 0. The quantitative estimate of drug-likeness (QED) is 0.641. The molecule has 1 fully saturated rings. The van der Waals surface area contributed by atoms with Crippen molar-refractivity contribution in [3.05, 3.63) is 64.7 Å². The lowest BCUT2D eigenvalue weighted by Crippen LogP contribution is -2.14. The number of nitrogens with zero attached hydrogens (tertiary/aromatic N) is 1. The average molecular weight is 391 g/mol. The molecule has 1 aromatic heterocycles. The molecule has 0 unspecified atom stereocenters. The van der Waals surface area contributed by atoms with Crippen LogP contribution in [0.1, 0.15) is 34.5 Å². The molecule has 1 saturated carbocycles. The highest BCUT2D eigenvalue weighted by Gasteiger charge is 2.29. The summed E-state index contributed by atoms with van der Waals surface area (Å²) >= 11 is 1.46. The maximum Gasteiger partial charge on any atom is 0.275 e. The smallest absolute Gasteiger partial charge is 0.275 e. The van der Waals surface area contributed by atoms with E-state index in [0.717, 1.165) is 34.7 Å². The van der Waals surface area contributed by atoms with Gasteiger partial charge in [-0.05, 0) is 56.5 Å². The van der Waals surface area contributed by atoms with E-state index in [0.29, 0.717) is 11.4 Å². The lowest BCUT2D eigenvalue weighted by atomic mass is 10.1. The molecule has 0 saturated heterocycles. The van der Waals surface area contributed by atoms with Crippen LogP contribution < -0.4 is 10.6 Å². The molecule has 5 nitrogen and oxygen atoms in total. The highest BCUT2D eigenvalue weighted by molar-refractivity contribution is 7.13. The summed E-state index contributed by atoms with van der Waals surface area (Å²) in [5, 5.41) is 8.35. The third-order valence-corrected chi connectivity index (χ3v) is 5.58. The second-order valence-corrected chi connectivity index (χ2v) is 8.01. The second kappa shape index (κ2) is 7.56. The average Bonchev–Trinajstić information content (AvgIpc) is 3.41. The molecule has 2 N–H and O–H groups in total. The number of nitrogens with one attached hydrogen (secondary N) is 2. The minimum atomic E-state index is -0.248. The molecule has 28 heavy (non-hydrogen) atoms. The maximum atomic E-state index is 12.5. The van der Waals surface area contributed by atoms with Gasteiger partial charge in [-0.15, -0.1) is 11.3 Å². The molecule has 0 bridgehead atoms. The van der Waals surface area contributed by atoms with Gasteiger partial charge in [-0.25, -0.2) is 4.98 Å². The number of rotatable bonds is 5. The Bertz CT molecular complexity index is 1040. The molecule has 1 aliphatic rings. The second-order valence-electron chi connectivity index (χ2n) is 7.15. The summed E-state index contributed by atoms with van der Waals surface area (Å²) in [5.74, 6) is -0.0179. The van der Waals surface area contributed by atoms with Crippen LogP contribution in [0.5, 0.6) is 0 Å². The summed E-state index contributed by atoms with van der Waals surface area (Å²) in [4.78, 5) is 28.8. The van der Waals surface area contributed by atoms with E-state index in [-0.39, 0.29) is 17.7 Å². The topological polar surface area (TPSA) is 71.1 Å². The summed E-state index contributed by atoms with van der Waals surface area (Å²) < 4.78 is 0. The van der Waals surface area contributed by atoms with Gasteiger partial charge in [0.2, 0.25) is 5.91 Å². The predicted molar refractivity (Wildman–Crippen MR) is 113 cm³/mol. The third-order valence-electron chi connectivity index (χ3n) is 4.71. The SMILES string of the molecule is Cc1ccc(-c2nc(C(=O)Nc3ccc(NC(=O)C4CC4)cc3)cs2)c(C)c1. The molecule has 142 valence electrons. The largest absolute Gasteiger partial charge is 0.326 e. The molecule has 2 aromatic carbocycles. The number of aromatic nitrogens is 1. The minimum Gasteiger partial charge on any atom is -0.326 e. The van der Waals surface area contributed by atoms with E-state index < -0.39 is 0 Å². The van der Waals surface area contributed by atoms with Gasteiger partial charge in [0.05, 0.1) is 0 Å².